The lowest BCUT2D eigenvalue weighted by Gasteiger charge is -2.54. The third kappa shape index (κ3) is 3.04. The van der Waals surface area contributed by atoms with Crippen molar-refractivity contribution in [3.63, 3.8) is 0 Å². The average Bonchev–Trinajstić information content (AvgIpc) is 2.99. The molecule has 23 heavy (non-hydrogen) atoms. The van der Waals surface area contributed by atoms with E-state index in [-0.39, 0.29) is 17.5 Å². The summed E-state index contributed by atoms with van der Waals surface area (Å²) in [7, 11) is 0. The third-order valence-corrected chi connectivity index (χ3v) is 4.19. The van der Waals surface area contributed by atoms with Gasteiger partial charge in [-0.05, 0) is 11.6 Å². The van der Waals surface area contributed by atoms with Gasteiger partial charge in [0.2, 0.25) is 0 Å². The summed E-state index contributed by atoms with van der Waals surface area (Å²) >= 11 is 0. The molecule has 1 aliphatic heterocycles. The molecule has 122 valence electrons. The molecule has 2 amide bonds. The van der Waals surface area contributed by atoms with Crippen molar-refractivity contribution in [3.05, 3.63) is 41.7 Å². The molecule has 1 atom stereocenters. The molecule has 2 aromatic heterocycles. The minimum Gasteiger partial charge on any atom is -0.331 e. The topological polar surface area (TPSA) is 86.8 Å². The van der Waals surface area contributed by atoms with Gasteiger partial charge < -0.3 is 10.2 Å². The quantitative estimate of drug-likeness (QED) is 0.904. The molecule has 1 aliphatic rings. The van der Waals surface area contributed by atoms with Crippen LogP contribution in [-0.4, -0.2) is 37.6 Å². The van der Waals surface area contributed by atoms with Gasteiger partial charge in [0.05, 0.1) is 12.6 Å². The van der Waals surface area contributed by atoms with Crippen LogP contribution in [0.4, 0.5) is 4.79 Å². The Balaban J connectivity index is 1.65. The van der Waals surface area contributed by atoms with Crippen LogP contribution in [0.5, 0.6) is 0 Å². The van der Waals surface area contributed by atoms with Crippen molar-refractivity contribution in [1.82, 2.24) is 30.4 Å². The van der Waals surface area contributed by atoms with Crippen LogP contribution in [0.25, 0.3) is 0 Å². The minimum atomic E-state index is -0.0902. The second kappa shape index (κ2) is 5.98. The zero-order valence-corrected chi connectivity index (χ0v) is 13.7. The van der Waals surface area contributed by atoms with Gasteiger partial charge in [0.1, 0.15) is 5.82 Å². The Morgan fingerprint density at radius 1 is 1.52 bits per heavy atom. The Labute approximate surface area is 135 Å². The first-order valence-electron chi connectivity index (χ1n) is 7.86. The molecule has 1 fully saturated rings. The van der Waals surface area contributed by atoms with E-state index in [1.165, 1.54) is 0 Å². The standard InChI is InChI=1S/C16H22N6O/c1-4-12-19-13(21-20-12)9-18-15(23)22-10-16(2,3)14(22)11-6-5-7-17-8-11/h5-8,14H,4,9-10H2,1-3H3,(H,18,23)(H,19,20,21). The molecule has 0 aliphatic carbocycles. The number of pyridine rings is 1. The van der Waals surface area contributed by atoms with E-state index in [0.717, 1.165) is 24.4 Å². The van der Waals surface area contributed by atoms with E-state index in [2.05, 4.69) is 39.3 Å². The second-order valence-electron chi connectivity index (χ2n) is 6.52. The Morgan fingerprint density at radius 2 is 2.35 bits per heavy atom. The van der Waals surface area contributed by atoms with E-state index in [4.69, 9.17) is 0 Å². The summed E-state index contributed by atoms with van der Waals surface area (Å²) in [5, 5.41) is 9.82. The number of likely N-dealkylation sites (tertiary alicyclic amines) is 1. The predicted octanol–water partition coefficient (Wildman–Crippen LogP) is 2.05. The number of nitrogens with zero attached hydrogens (tertiary/aromatic N) is 4. The number of H-pyrrole nitrogens is 1. The van der Waals surface area contributed by atoms with Crippen LogP contribution in [0.1, 0.15) is 44.0 Å². The molecule has 1 unspecified atom stereocenters. The van der Waals surface area contributed by atoms with Gasteiger partial charge in [-0.3, -0.25) is 10.1 Å². The SMILES string of the molecule is CCc1n[nH]c(CNC(=O)N2CC(C)(C)C2c2cccnc2)n1. The van der Waals surface area contributed by atoms with Crippen LogP contribution in [-0.2, 0) is 13.0 Å². The van der Waals surface area contributed by atoms with Crippen molar-refractivity contribution in [1.29, 1.82) is 0 Å². The first-order valence-corrected chi connectivity index (χ1v) is 7.86. The fourth-order valence-electron chi connectivity index (χ4n) is 3.12. The minimum absolute atomic E-state index is 0.0390. The summed E-state index contributed by atoms with van der Waals surface area (Å²) in [4.78, 5) is 22.8. The van der Waals surface area contributed by atoms with E-state index in [0.29, 0.717) is 12.4 Å². The van der Waals surface area contributed by atoms with Crippen molar-refractivity contribution in [2.45, 2.75) is 39.8 Å². The number of aryl methyl sites for hydroxylation is 1. The fourth-order valence-corrected chi connectivity index (χ4v) is 3.12. The number of carbonyl (C=O) groups is 1. The summed E-state index contributed by atoms with van der Waals surface area (Å²) in [6.07, 6.45) is 4.35. The lowest BCUT2D eigenvalue weighted by Crippen LogP contribution is -2.60. The first-order chi connectivity index (χ1) is 11.0. The third-order valence-electron chi connectivity index (χ3n) is 4.19. The van der Waals surface area contributed by atoms with Gasteiger partial charge in [0.25, 0.3) is 0 Å². The van der Waals surface area contributed by atoms with Crippen LogP contribution in [0.15, 0.2) is 24.5 Å². The molecule has 0 spiro atoms. The number of aromatic amines is 1. The van der Waals surface area contributed by atoms with Crippen molar-refractivity contribution in [2.24, 2.45) is 5.41 Å². The molecule has 0 radical (unpaired) electrons. The first kappa shape index (κ1) is 15.5. The van der Waals surface area contributed by atoms with E-state index < -0.39 is 0 Å². The average molecular weight is 314 g/mol. The van der Waals surface area contributed by atoms with E-state index >= 15 is 0 Å². The predicted molar refractivity (Wildman–Crippen MR) is 85.5 cm³/mol. The maximum Gasteiger partial charge on any atom is 0.318 e. The molecule has 3 rings (SSSR count). The Morgan fingerprint density at radius 3 is 2.96 bits per heavy atom. The van der Waals surface area contributed by atoms with E-state index in [1.54, 1.807) is 6.20 Å². The van der Waals surface area contributed by atoms with Gasteiger partial charge in [-0.25, -0.2) is 9.78 Å². The number of rotatable bonds is 4. The van der Waals surface area contributed by atoms with Crippen LogP contribution in [0.3, 0.4) is 0 Å². The lowest BCUT2D eigenvalue weighted by atomic mass is 9.72. The molecular formula is C16H22N6O. The summed E-state index contributed by atoms with van der Waals surface area (Å²) in [5.41, 5.74) is 1.11. The number of nitrogens with one attached hydrogen (secondary N) is 2. The van der Waals surface area contributed by atoms with Crippen LogP contribution < -0.4 is 5.32 Å². The van der Waals surface area contributed by atoms with Crippen molar-refractivity contribution in [3.8, 4) is 0 Å². The molecule has 7 nitrogen and oxygen atoms in total. The van der Waals surface area contributed by atoms with Crippen LogP contribution >= 0.6 is 0 Å². The van der Waals surface area contributed by atoms with Crippen LogP contribution in [0.2, 0.25) is 0 Å². The molecule has 2 N–H and O–H groups in total. The number of aromatic nitrogens is 4. The molecular weight excluding hydrogens is 292 g/mol. The highest BCUT2D eigenvalue weighted by molar-refractivity contribution is 5.76. The van der Waals surface area contributed by atoms with E-state index in [1.807, 2.05) is 30.2 Å². The summed E-state index contributed by atoms with van der Waals surface area (Å²) in [6, 6.07) is 3.87. The highest BCUT2D eigenvalue weighted by Crippen LogP contribution is 2.47. The van der Waals surface area contributed by atoms with Crippen molar-refractivity contribution in [2.75, 3.05) is 6.54 Å². The van der Waals surface area contributed by atoms with Gasteiger partial charge in [0, 0.05) is 30.8 Å². The Bertz CT molecular complexity index is 681. The van der Waals surface area contributed by atoms with Crippen LogP contribution in [0, 0.1) is 5.41 Å². The zero-order chi connectivity index (χ0) is 16.4. The van der Waals surface area contributed by atoms with Gasteiger partial charge in [-0.15, -0.1) is 0 Å². The highest BCUT2D eigenvalue weighted by atomic mass is 16.2. The Hall–Kier alpha value is -2.44. The number of hydrogen-bond donors (Lipinski definition) is 2. The normalized spacial score (nSPS) is 19.3. The number of amides is 2. The number of carbonyl (C=O) groups excluding carboxylic acids is 1. The Kier molecular flexibility index (Phi) is 4.02. The molecule has 2 aromatic rings. The second-order valence-corrected chi connectivity index (χ2v) is 6.52. The summed E-state index contributed by atoms with van der Waals surface area (Å²) in [6.45, 7) is 7.39. The van der Waals surface area contributed by atoms with Gasteiger partial charge in [0.15, 0.2) is 5.82 Å². The molecule has 7 heteroatoms. The van der Waals surface area contributed by atoms with E-state index in [9.17, 15) is 4.79 Å². The molecule has 0 bridgehead atoms. The summed E-state index contributed by atoms with van der Waals surface area (Å²) in [5.74, 6) is 1.43. The monoisotopic (exact) mass is 314 g/mol. The summed E-state index contributed by atoms with van der Waals surface area (Å²) < 4.78 is 0. The molecule has 0 aromatic carbocycles. The fraction of sp³-hybridized carbons (Fsp3) is 0.500. The molecule has 0 saturated carbocycles. The maximum atomic E-state index is 12.5. The van der Waals surface area contributed by atoms with Gasteiger partial charge in [-0.2, -0.15) is 5.10 Å². The maximum absolute atomic E-state index is 12.5. The smallest absolute Gasteiger partial charge is 0.318 e. The van der Waals surface area contributed by atoms with Crippen molar-refractivity contribution < 1.29 is 4.79 Å². The van der Waals surface area contributed by atoms with Gasteiger partial charge >= 0.3 is 6.03 Å². The van der Waals surface area contributed by atoms with Gasteiger partial charge in [-0.1, -0.05) is 26.8 Å². The molecule has 1 saturated heterocycles. The van der Waals surface area contributed by atoms with Crippen molar-refractivity contribution >= 4 is 6.03 Å². The molecule has 3 heterocycles. The number of urea groups is 1. The lowest BCUT2D eigenvalue weighted by molar-refractivity contribution is -0.0168. The largest absolute Gasteiger partial charge is 0.331 e. The number of hydrogen-bond acceptors (Lipinski definition) is 4. The highest BCUT2D eigenvalue weighted by Gasteiger charge is 2.48. The zero-order valence-electron chi connectivity index (χ0n) is 13.7.